The lowest BCUT2D eigenvalue weighted by Crippen LogP contribution is -2.38. The van der Waals surface area contributed by atoms with Gasteiger partial charge in [-0.3, -0.25) is 9.36 Å². The SMILES string of the molecule is Cn1c(=O)c2nc(NCCCN3CCCCC3)nnc2n(-c2ccc(F)cc2)c1=O. The maximum atomic E-state index is 13.3. The summed E-state index contributed by atoms with van der Waals surface area (Å²) in [5.41, 5.74) is -0.721. The molecule has 1 fully saturated rings. The maximum absolute atomic E-state index is 13.3. The third kappa shape index (κ3) is 4.09. The number of nitrogens with zero attached hydrogens (tertiary/aromatic N) is 6. The fraction of sp³-hybridized carbons (Fsp3) is 0.450. The maximum Gasteiger partial charge on any atom is 0.337 e. The van der Waals surface area contributed by atoms with Crippen LogP contribution in [0.5, 0.6) is 0 Å². The van der Waals surface area contributed by atoms with Crippen molar-refractivity contribution in [1.29, 1.82) is 0 Å². The molecule has 0 saturated carbocycles. The Morgan fingerprint density at radius 3 is 2.53 bits per heavy atom. The molecule has 30 heavy (non-hydrogen) atoms. The van der Waals surface area contributed by atoms with E-state index in [4.69, 9.17) is 0 Å². The number of fused-ring (bicyclic) bond motifs is 1. The molecule has 3 aromatic rings. The minimum atomic E-state index is -0.600. The van der Waals surface area contributed by atoms with E-state index in [1.165, 1.54) is 55.1 Å². The summed E-state index contributed by atoms with van der Waals surface area (Å²) in [5, 5.41) is 11.2. The molecule has 0 bridgehead atoms. The van der Waals surface area contributed by atoms with Crippen LogP contribution in [-0.4, -0.2) is 55.4 Å². The molecule has 3 heterocycles. The molecule has 0 radical (unpaired) electrons. The summed E-state index contributed by atoms with van der Waals surface area (Å²) < 4.78 is 15.4. The van der Waals surface area contributed by atoms with E-state index in [2.05, 4.69) is 25.4 Å². The number of nitrogens with one attached hydrogen (secondary N) is 1. The minimum Gasteiger partial charge on any atom is -0.353 e. The quantitative estimate of drug-likeness (QED) is 0.608. The van der Waals surface area contributed by atoms with Crippen molar-refractivity contribution in [3.05, 3.63) is 50.9 Å². The predicted molar refractivity (Wildman–Crippen MR) is 112 cm³/mol. The number of likely N-dealkylation sites (tertiary alicyclic amines) is 1. The molecule has 10 heteroatoms. The molecule has 9 nitrogen and oxygen atoms in total. The molecule has 1 aliphatic heterocycles. The van der Waals surface area contributed by atoms with Crippen molar-refractivity contribution >= 4 is 17.1 Å². The molecule has 1 saturated heterocycles. The van der Waals surface area contributed by atoms with E-state index in [9.17, 15) is 14.0 Å². The molecule has 4 rings (SSSR count). The fourth-order valence-electron chi connectivity index (χ4n) is 3.68. The van der Waals surface area contributed by atoms with Crippen LogP contribution >= 0.6 is 0 Å². The number of hydrogen-bond donors (Lipinski definition) is 1. The molecule has 0 spiro atoms. The van der Waals surface area contributed by atoms with Gasteiger partial charge in [0.15, 0.2) is 11.2 Å². The zero-order chi connectivity index (χ0) is 21.1. The third-order valence-corrected chi connectivity index (χ3v) is 5.33. The van der Waals surface area contributed by atoms with Gasteiger partial charge in [-0.25, -0.2) is 18.7 Å². The van der Waals surface area contributed by atoms with Gasteiger partial charge >= 0.3 is 5.69 Å². The highest BCUT2D eigenvalue weighted by molar-refractivity contribution is 5.71. The number of anilines is 1. The summed E-state index contributed by atoms with van der Waals surface area (Å²) in [6, 6.07) is 5.35. The Bertz CT molecular complexity index is 1150. The van der Waals surface area contributed by atoms with Gasteiger partial charge in [-0.2, -0.15) is 0 Å². The van der Waals surface area contributed by atoms with Gasteiger partial charge in [0.1, 0.15) is 5.82 Å². The molecular formula is C20H24FN7O2. The Kier molecular flexibility index (Phi) is 5.84. The molecule has 1 aromatic carbocycles. The lowest BCUT2D eigenvalue weighted by atomic mass is 10.1. The Hall–Kier alpha value is -3.14. The molecule has 1 aliphatic rings. The summed E-state index contributed by atoms with van der Waals surface area (Å²) in [6.45, 7) is 3.94. The molecule has 0 aliphatic carbocycles. The lowest BCUT2D eigenvalue weighted by Gasteiger charge is -2.26. The first kappa shape index (κ1) is 20.1. The summed E-state index contributed by atoms with van der Waals surface area (Å²) >= 11 is 0. The first-order chi connectivity index (χ1) is 14.5. The van der Waals surface area contributed by atoms with Crippen LogP contribution < -0.4 is 16.6 Å². The monoisotopic (exact) mass is 413 g/mol. The standard InChI is InChI=1S/C20H24FN7O2/c1-26-18(29)16-17(28(20(26)30)15-8-6-14(21)7-9-15)24-25-19(23-16)22-10-5-13-27-11-3-2-4-12-27/h6-9H,2-5,10-13H2,1H3,(H,22,23,25). The lowest BCUT2D eigenvalue weighted by molar-refractivity contribution is 0.228. The number of aromatic nitrogens is 5. The van der Waals surface area contributed by atoms with Gasteiger partial charge < -0.3 is 10.2 Å². The average Bonchev–Trinajstić information content (AvgIpc) is 2.77. The molecule has 158 valence electrons. The van der Waals surface area contributed by atoms with Gasteiger partial charge in [-0.1, -0.05) is 6.42 Å². The zero-order valence-corrected chi connectivity index (χ0v) is 16.8. The zero-order valence-electron chi connectivity index (χ0n) is 16.8. The van der Waals surface area contributed by atoms with Crippen LogP contribution in [0.1, 0.15) is 25.7 Å². The van der Waals surface area contributed by atoms with Crippen LogP contribution in [-0.2, 0) is 7.05 Å². The predicted octanol–water partition coefficient (Wildman–Crippen LogP) is 1.30. The van der Waals surface area contributed by atoms with Crippen LogP contribution in [0, 0.1) is 5.82 Å². The smallest absolute Gasteiger partial charge is 0.337 e. The molecule has 0 amide bonds. The van der Waals surface area contributed by atoms with Gasteiger partial charge in [0.2, 0.25) is 5.95 Å². The number of rotatable bonds is 6. The van der Waals surface area contributed by atoms with E-state index in [-0.39, 0.29) is 17.1 Å². The number of hydrogen-bond acceptors (Lipinski definition) is 7. The Morgan fingerprint density at radius 1 is 1.07 bits per heavy atom. The van der Waals surface area contributed by atoms with Crippen LogP contribution in [0.4, 0.5) is 10.3 Å². The number of piperidine rings is 1. The second kappa shape index (κ2) is 8.70. The largest absolute Gasteiger partial charge is 0.353 e. The van der Waals surface area contributed by atoms with Crippen molar-refractivity contribution in [3.63, 3.8) is 0 Å². The second-order valence-electron chi connectivity index (χ2n) is 7.45. The van der Waals surface area contributed by atoms with Crippen molar-refractivity contribution in [2.75, 3.05) is 31.5 Å². The van der Waals surface area contributed by atoms with Crippen molar-refractivity contribution in [2.24, 2.45) is 7.05 Å². The topological polar surface area (TPSA) is 97.9 Å². The van der Waals surface area contributed by atoms with E-state index >= 15 is 0 Å². The van der Waals surface area contributed by atoms with E-state index in [1.54, 1.807) is 0 Å². The summed E-state index contributed by atoms with van der Waals surface area (Å²) in [6.07, 6.45) is 4.74. The molecule has 2 aromatic heterocycles. The van der Waals surface area contributed by atoms with Crippen LogP contribution in [0.3, 0.4) is 0 Å². The van der Waals surface area contributed by atoms with Gasteiger partial charge in [0.25, 0.3) is 5.56 Å². The highest BCUT2D eigenvalue weighted by Gasteiger charge is 2.16. The normalized spacial score (nSPS) is 14.9. The Balaban J connectivity index is 1.58. The first-order valence-electron chi connectivity index (χ1n) is 10.1. The third-order valence-electron chi connectivity index (χ3n) is 5.33. The van der Waals surface area contributed by atoms with Crippen LogP contribution in [0.25, 0.3) is 16.9 Å². The highest BCUT2D eigenvalue weighted by atomic mass is 19.1. The van der Waals surface area contributed by atoms with Gasteiger partial charge in [-0.15, -0.1) is 10.2 Å². The highest BCUT2D eigenvalue weighted by Crippen LogP contribution is 2.12. The number of halogens is 1. The summed E-state index contributed by atoms with van der Waals surface area (Å²) in [5.74, 6) is -0.191. The Morgan fingerprint density at radius 2 is 1.80 bits per heavy atom. The summed E-state index contributed by atoms with van der Waals surface area (Å²) in [4.78, 5) is 32.0. The van der Waals surface area contributed by atoms with Gasteiger partial charge in [0.05, 0.1) is 5.69 Å². The van der Waals surface area contributed by atoms with Gasteiger partial charge in [0, 0.05) is 13.6 Å². The Labute approximate surface area is 172 Å². The molecule has 0 atom stereocenters. The first-order valence-corrected chi connectivity index (χ1v) is 10.1. The van der Waals surface area contributed by atoms with E-state index < -0.39 is 17.1 Å². The fourth-order valence-corrected chi connectivity index (χ4v) is 3.68. The molecule has 1 N–H and O–H groups in total. The van der Waals surface area contributed by atoms with Crippen molar-refractivity contribution in [1.82, 2.24) is 29.2 Å². The van der Waals surface area contributed by atoms with Crippen molar-refractivity contribution < 1.29 is 4.39 Å². The summed E-state index contributed by atoms with van der Waals surface area (Å²) in [7, 11) is 1.37. The van der Waals surface area contributed by atoms with E-state index in [0.717, 1.165) is 30.6 Å². The van der Waals surface area contributed by atoms with E-state index in [1.807, 2.05) is 0 Å². The minimum absolute atomic E-state index is 0.0231. The van der Waals surface area contributed by atoms with Crippen molar-refractivity contribution in [3.8, 4) is 5.69 Å². The molecule has 0 unspecified atom stereocenters. The molecular weight excluding hydrogens is 389 g/mol. The van der Waals surface area contributed by atoms with Crippen molar-refractivity contribution in [2.45, 2.75) is 25.7 Å². The van der Waals surface area contributed by atoms with Crippen LogP contribution in [0.15, 0.2) is 33.9 Å². The van der Waals surface area contributed by atoms with Gasteiger partial charge in [-0.05, 0) is 63.2 Å². The van der Waals surface area contributed by atoms with Crippen LogP contribution in [0.2, 0.25) is 0 Å². The average molecular weight is 413 g/mol. The van der Waals surface area contributed by atoms with E-state index in [0.29, 0.717) is 12.2 Å². The second-order valence-corrected chi connectivity index (χ2v) is 7.45. The number of benzene rings is 1.